The topological polar surface area (TPSA) is 55.4 Å². The molecule has 0 saturated carbocycles. The molecular formula is C17H13Cl3FNO3. The van der Waals surface area contributed by atoms with E-state index in [4.69, 9.17) is 39.5 Å². The summed E-state index contributed by atoms with van der Waals surface area (Å²) in [5, 5.41) is 3.14. The molecule has 0 aliphatic carbocycles. The van der Waals surface area contributed by atoms with Crippen molar-refractivity contribution >= 4 is 52.4 Å². The van der Waals surface area contributed by atoms with Crippen LogP contribution >= 0.6 is 34.8 Å². The molecule has 0 atom stereocenters. The van der Waals surface area contributed by atoms with Crippen LogP contribution in [0.25, 0.3) is 0 Å². The minimum atomic E-state index is -0.582. The Balaban J connectivity index is 1.79. The van der Waals surface area contributed by atoms with Crippen LogP contribution in [0.3, 0.4) is 0 Å². The van der Waals surface area contributed by atoms with E-state index in [1.165, 1.54) is 24.3 Å². The maximum absolute atomic E-state index is 12.8. The highest BCUT2D eigenvalue weighted by atomic mass is 35.5. The number of hydrogen-bond donors (Lipinski definition) is 1. The van der Waals surface area contributed by atoms with Gasteiger partial charge >= 0.3 is 5.97 Å². The smallest absolute Gasteiger partial charge is 0.306 e. The molecule has 2 aromatic rings. The molecule has 2 rings (SSSR count). The molecule has 1 amide bonds. The van der Waals surface area contributed by atoms with E-state index in [0.717, 1.165) is 5.56 Å². The summed E-state index contributed by atoms with van der Waals surface area (Å²) in [7, 11) is 0. The SMILES string of the molecule is O=C(COC(=O)CCc1ccc(F)cc1)Nc1c(Cl)cc(Cl)cc1Cl. The second-order valence-corrected chi connectivity index (χ2v) is 6.33. The molecule has 132 valence electrons. The Labute approximate surface area is 158 Å². The number of benzene rings is 2. The lowest BCUT2D eigenvalue weighted by Gasteiger charge is -2.10. The molecule has 1 N–H and O–H groups in total. The summed E-state index contributed by atoms with van der Waals surface area (Å²) in [5.41, 5.74) is 0.989. The van der Waals surface area contributed by atoms with Crippen molar-refractivity contribution in [1.82, 2.24) is 0 Å². The summed E-state index contributed by atoms with van der Waals surface area (Å²) < 4.78 is 17.7. The van der Waals surface area contributed by atoms with Crippen LogP contribution in [-0.4, -0.2) is 18.5 Å². The van der Waals surface area contributed by atoms with Gasteiger partial charge in [0.2, 0.25) is 0 Å². The third-order valence-electron chi connectivity index (χ3n) is 3.17. The fourth-order valence-corrected chi connectivity index (χ4v) is 2.86. The van der Waals surface area contributed by atoms with E-state index in [2.05, 4.69) is 5.32 Å². The molecule has 0 fully saturated rings. The van der Waals surface area contributed by atoms with Gasteiger partial charge in [0.15, 0.2) is 6.61 Å². The van der Waals surface area contributed by atoms with Gasteiger partial charge in [-0.3, -0.25) is 9.59 Å². The molecule has 0 aliphatic heterocycles. The highest BCUT2D eigenvalue weighted by Crippen LogP contribution is 2.33. The molecule has 0 bridgehead atoms. The first-order valence-electron chi connectivity index (χ1n) is 7.19. The average Bonchev–Trinajstić information content (AvgIpc) is 2.55. The van der Waals surface area contributed by atoms with Gasteiger partial charge < -0.3 is 10.1 Å². The summed E-state index contributed by atoms with van der Waals surface area (Å²) in [5.74, 6) is -1.48. The van der Waals surface area contributed by atoms with Gasteiger partial charge in [-0.1, -0.05) is 46.9 Å². The fraction of sp³-hybridized carbons (Fsp3) is 0.176. The van der Waals surface area contributed by atoms with Gasteiger partial charge in [0.05, 0.1) is 15.7 Å². The van der Waals surface area contributed by atoms with Crippen LogP contribution in [0, 0.1) is 5.82 Å². The molecule has 2 aromatic carbocycles. The molecule has 8 heteroatoms. The second kappa shape index (κ2) is 9.04. The zero-order chi connectivity index (χ0) is 18.4. The van der Waals surface area contributed by atoms with Crippen LogP contribution in [0.15, 0.2) is 36.4 Å². The van der Waals surface area contributed by atoms with E-state index in [1.54, 1.807) is 12.1 Å². The van der Waals surface area contributed by atoms with Gasteiger partial charge in [0, 0.05) is 11.4 Å². The summed E-state index contributed by atoms with van der Waals surface area (Å²) in [6, 6.07) is 8.65. The number of nitrogens with one attached hydrogen (secondary N) is 1. The third kappa shape index (κ3) is 6.20. The van der Waals surface area contributed by atoms with Crippen molar-refractivity contribution in [2.75, 3.05) is 11.9 Å². The van der Waals surface area contributed by atoms with E-state index in [1.807, 2.05) is 0 Å². The highest BCUT2D eigenvalue weighted by Gasteiger charge is 2.13. The van der Waals surface area contributed by atoms with Crippen molar-refractivity contribution in [2.24, 2.45) is 0 Å². The number of hydrogen-bond acceptors (Lipinski definition) is 3. The van der Waals surface area contributed by atoms with Gasteiger partial charge in [-0.2, -0.15) is 0 Å². The predicted molar refractivity (Wildman–Crippen MR) is 95.8 cm³/mol. The highest BCUT2D eigenvalue weighted by molar-refractivity contribution is 6.42. The van der Waals surface area contributed by atoms with Crippen LogP contribution in [-0.2, 0) is 20.7 Å². The molecule has 4 nitrogen and oxygen atoms in total. The lowest BCUT2D eigenvalue weighted by Crippen LogP contribution is -2.21. The Bertz CT molecular complexity index is 758. The largest absolute Gasteiger partial charge is 0.456 e. The summed E-state index contributed by atoms with van der Waals surface area (Å²) in [6.07, 6.45) is 0.455. The molecule has 0 unspecified atom stereocenters. The van der Waals surface area contributed by atoms with Crippen LogP contribution < -0.4 is 5.32 Å². The fourth-order valence-electron chi connectivity index (χ4n) is 1.95. The Morgan fingerprint density at radius 2 is 1.64 bits per heavy atom. The van der Waals surface area contributed by atoms with Crippen LogP contribution in [0.2, 0.25) is 15.1 Å². The van der Waals surface area contributed by atoms with Gasteiger partial charge in [0.25, 0.3) is 5.91 Å². The summed E-state index contributed by atoms with van der Waals surface area (Å²) in [4.78, 5) is 23.5. The number of amides is 1. The number of carbonyl (C=O) groups is 2. The van der Waals surface area contributed by atoms with E-state index in [0.29, 0.717) is 11.4 Å². The molecule has 0 heterocycles. The number of aryl methyl sites for hydroxylation is 1. The van der Waals surface area contributed by atoms with Gasteiger partial charge in [-0.05, 0) is 36.2 Å². The lowest BCUT2D eigenvalue weighted by atomic mass is 10.1. The molecule has 0 spiro atoms. The Morgan fingerprint density at radius 3 is 2.24 bits per heavy atom. The van der Waals surface area contributed by atoms with Gasteiger partial charge in [0.1, 0.15) is 5.82 Å². The normalized spacial score (nSPS) is 10.4. The zero-order valence-corrected chi connectivity index (χ0v) is 15.1. The van der Waals surface area contributed by atoms with Crippen molar-refractivity contribution in [2.45, 2.75) is 12.8 Å². The van der Waals surface area contributed by atoms with Crippen molar-refractivity contribution in [3.8, 4) is 0 Å². The standard InChI is InChI=1S/C17H13Cl3FNO3/c18-11-7-13(19)17(14(20)8-11)22-15(23)9-25-16(24)6-3-10-1-4-12(21)5-2-10/h1-2,4-5,7-8H,3,6,9H2,(H,22,23). The minimum absolute atomic E-state index is 0.0708. The number of ether oxygens (including phenoxy) is 1. The Hall–Kier alpha value is -1.82. The van der Waals surface area contributed by atoms with Crippen molar-refractivity contribution in [3.63, 3.8) is 0 Å². The Kier molecular flexibility index (Phi) is 7.05. The summed E-state index contributed by atoms with van der Waals surface area (Å²) in [6.45, 7) is -0.475. The van der Waals surface area contributed by atoms with Crippen molar-refractivity contribution < 1.29 is 18.7 Å². The monoisotopic (exact) mass is 403 g/mol. The molecule has 25 heavy (non-hydrogen) atoms. The van der Waals surface area contributed by atoms with Gasteiger partial charge in [-0.25, -0.2) is 4.39 Å². The van der Waals surface area contributed by atoms with Crippen molar-refractivity contribution in [1.29, 1.82) is 0 Å². The van der Waals surface area contributed by atoms with Crippen molar-refractivity contribution in [3.05, 3.63) is 62.8 Å². The maximum Gasteiger partial charge on any atom is 0.306 e. The number of carbonyl (C=O) groups excluding carboxylic acids is 2. The van der Waals surface area contributed by atoms with Crippen LogP contribution in [0.1, 0.15) is 12.0 Å². The van der Waals surface area contributed by atoms with E-state index >= 15 is 0 Å². The average molecular weight is 405 g/mol. The minimum Gasteiger partial charge on any atom is -0.456 e. The van der Waals surface area contributed by atoms with E-state index in [-0.39, 0.29) is 28.0 Å². The third-order valence-corrected chi connectivity index (χ3v) is 3.98. The lowest BCUT2D eigenvalue weighted by molar-refractivity contribution is -0.147. The first-order valence-corrected chi connectivity index (χ1v) is 8.33. The molecule has 0 radical (unpaired) electrons. The molecular weight excluding hydrogens is 392 g/mol. The van der Waals surface area contributed by atoms with Crippen LogP contribution in [0.5, 0.6) is 0 Å². The first-order chi connectivity index (χ1) is 11.8. The molecule has 0 aromatic heterocycles. The maximum atomic E-state index is 12.8. The number of anilines is 1. The van der Waals surface area contributed by atoms with Gasteiger partial charge in [-0.15, -0.1) is 0 Å². The zero-order valence-electron chi connectivity index (χ0n) is 12.8. The summed E-state index contributed by atoms with van der Waals surface area (Å²) >= 11 is 17.7. The quantitative estimate of drug-likeness (QED) is 0.697. The Morgan fingerprint density at radius 1 is 1.04 bits per heavy atom. The number of esters is 1. The molecule has 0 saturated heterocycles. The van der Waals surface area contributed by atoms with E-state index < -0.39 is 18.5 Å². The number of rotatable bonds is 6. The second-order valence-electron chi connectivity index (χ2n) is 5.08. The van der Waals surface area contributed by atoms with E-state index in [9.17, 15) is 14.0 Å². The number of halogens is 4. The first kappa shape index (κ1) is 19.5. The van der Waals surface area contributed by atoms with Crippen LogP contribution in [0.4, 0.5) is 10.1 Å². The predicted octanol–water partition coefficient (Wildman–Crippen LogP) is 4.90. The molecule has 0 aliphatic rings.